The Balaban J connectivity index is 2.09. The summed E-state index contributed by atoms with van der Waals surface area (Å²) in [6, 6.07) is 8.22. The van der Waals surface area contributed by atoms with Crippen molar-refractivity contribution in [3.63, 3.8) is 0 Å². The van der Waals surface area contributed by atoms with Gasteiger partial charge in [-0.05, 0) is 55.5 Å². The van der Waals surface area contributed by atoms with Crippen molar-refractivity contribution in [3.05, 3.63) is 29.8 Å². The number of nitrogens with zero attached hydrogens (tertiary/aromatic N) is 2. The van der Waals surface area contributed by atoms with Crippen molar-refractivity contribution in [3.8, 4) is 0 Å². The number of rotatable bonds is 2. The van der Waals surface area contributed by atoms with Gasteiger partial charge in [-0.3, -0.25) is 0 Å². The largest absolute Gasteiger partial charge is 0.399 e. The van der Waals surface area contributed by atoms with Crippen LogP contribution >= 0.6 is 0 Å². The fourth-order valence-electron chi connectivity index (χ4n) is 2.87. The number of aryl methyl sites for hydroxylation is 1. The number of aromatic nitrogens is 1. The molecule has 0 amide bonds. The number of hydrogen-bond donors (Lipinski definition) is 1. The fourth-order valence-corrected chi connectivity index (χ4v) is 2.87. The third-order valence-electron chi connectivity index (χ3n) is 3.93. The van der Waals surface area contributed by atoms with E-state index in [1.165, 1.54) is 30.6 Å². The Morgan fingerprint density at radius 3 is 2.68 bits per heavy atom. The zero-order chi connectivity index (χ0) is 13.2. The zero-order valence-electron chi connectivity index (χ0n) is 11.5. The number of nitrogen functional groups attached to an aromatic ring is 1. The number of fused-ring (bicyclic) bond motifs is 1. The molecule has 2 heterocycles. The van der Waals surface area contributed by atoms with Crippen molar-refractivity contribution in [2.45, 2.75) is 32.6 Å². The number of piperidine rings is 1. The van der Waals surface area contributed by atoms with Gasteiger partial charge >= 0.3 is 0 Å². The van der Waals surface area contributed by atoms with Crippen molar-refractivity contribution >= 4 is 22.4 Å². The van der Waals surface area contributed by atoms with Gasteiger partial charge in [0.05, 0.1) is 5.52 Å². The van der Waals surface area contributed by atoms with E-state index in [9.17, 15) is 0 Å². The van der Waals surface area contributed by atoms with E-state index in [-0.39, 0.29) is 0 Å². The van der Waals surface area contributed by atoms with Gasteiger partial charge in [-0.1, -0.05) is 6.92 Å². The smallest absolute Gasteiger partial charge is 0.132 e. The van der Waals surface area contributed by atoms with Gasteiger partial charge < -0.3 is 10.6 Å². The van der Waals surface area contributed by atoms with Crippen LogP contribution in [-0.2, 0) is 6.42 Å². The summed E-state index contributed by atoms with van der Waals surface area (Å²) in [4.78, 5) is 7.32. The molecular weight excluding hydrogens is 234 g/mol. The highest BCUT2D eigenvalue weighted by atomic mass is 15.2. The lowest BCUT2D eigenvalue weighted by molar-refractivity contribution is 0.572. The molecule has 0 radical (unpaired) electrons. The molecule has 1 aliphatic rings. The third-order valence-corrected chi connectivity index (χ3v) is 3.93. The Labute approximate surface area is 114 Å². The predicted octanol–water partition coefficient (Wildman–Crippen LogP) is 3.37. The minimum Gasteiger partial charge on any atom is -0.399 e. The Bertz CT molecular complexity index is 586. The topological polar surface area (TPSA) is 42.1 Å². The minimum absolute atomic E-state index is 0.807. The Kier molecular flexibility index (Phi) is 3.28. The van der Waals surface area contributed by atoms with Gasteiger partial charge in [-0.25, -0.2) is 4.98 Å². The van der Waals surface area contributed by atoms with Gasteiger partial charge in [0, 0.05) is 24.2 Å². The maximum absolute atomic E-state index is 5.86. The van der Waals surface area contributed by atoms with E-state index < -0.39 is 0 Å². The van der Waals surface area contributed by atoms with Crippen LogP contribution in [-0.4, -0.2) is 18.1 Å². The maximum atomic E-state index is 5.86. The first kappa shape index (κ1) is 12.3. The maximum Gasteiger partial charge on any atom is 0.132 e. The molecule has 1 aliphatic heterocycles. The van der Waals surface area contributed by atoms with Gasteiger partial charge in [0.15, 0.2) is 0 Å². The molecule has 2 N–H and O–H groups in total. The van der Waals surface area contributed by atoms with Crippen LogP contribution in [0.2, 0.25) is 0 Å². The summed E-state index contributed by atoms with van der Waals surface area (Å²) in [6.07, 6.45) is 4.93. The summed E-state index contributed by atoms with van der Waals surface area (Å²) < 4.78 is 0. The second-order valence-corrected chi connectivity index (χ2v) is 5.32. The van der Waals surface area contributed by atoms with Crippen LogP contribution in [0.15, 0.2) is 24.3 Å². The number of hydrogen-bond acceptors (Lipinski definition) is 3. The first-order valence-electron chi connectivity index (χ1n) is 7.22. The van der Waals surface area contributed by atoms with Crippen molar-refractivity contribution in [2.75, 3.05) is 23.7 Å². The number of nitrogens with two attached hydrogens (primary N) is 1. The quantitative estimate of drug-likeness (QED) is 0.837. The molecule has 1 saturated heterocycles. The first-order valence-corrected chi connectivity index (χ1v) is 7.22. The second-order valence-electron chi connectivity index (χ2n) is 5.32. The highest BCUT2D eigenvalue weighted by molar-refractivity contribution is 5.84. The highest BCUT2D eigenvalue weighted by Crippen LogP contribution is 2.27. The molecule has 0 atom stereocenters. The average molecular weight is 255 g/mol. The fraction of sp³-hybridized carbons (Fsp3) is 0.438. The van der Waals surface area contributed by atoms with Crippen LogP contribution in [0, 0.1) is 0 Å². The van der Waals surface area contributed by atoms with E-state index >= 15 is 0 Å². The SMILES string of the molecule is CCc1cc2cc(N)ccc2nc1N1CCCCC1. The van der Waals surface area contributed by atoms with Crippen LogP contribution in [0.1, 0.15) is 31.7 Å². The molecule has 0 aliphatic carbocycles. The lowest BCUT2D eigenvalue weighted by atomic mass is 10.1. The van der Waals surface area contributed by atoms with E-state index in [2.05, 4.69) is 17.9 Å². The summed E-state index contributed by atoms with van der Waals surface area (Å²) in [7, 11) is 0. The van der Waals surface area contributed by atoms with Gasteiger partial charge in [-0.2, -0.15) is 0 Å². The first-order chi connectivity index (χ1) is 9.28. The van der Waals surface area contributed by atoms with Crippen molar-refractivity contribution in [1.29, 1.82) is 0 Å². The van der Waals surface area contributed by atoms with Gasteiger partial charge in [0.1, 0.15) is 5.82 Å². The summed E-state index contributed by atoms with van der Waals surface area (Å²) in [5.74, 6) is 1.18. The molecule has 3 rings (SSSR count). The molecule has 0 spiro atoms. The molecule has 3 heteroatoms. The van der Waals surface area contributed by atoms with Crippen molar-refractivity contribution in [1.82, 2.24) is 4.98 Å². The van der Waals surface area contributed by atoms with E-state index in [0.717, 1.165) is 36.1 Å². The number of benzene rings is 1. The standard InChI is InChI=1S/C16H21N3/c1-2-12-10-13-11-14(17)6-7-15(13)18-16(12)19-8-4-3-5-9-19/h6-7,10-11H,2-5,8-9,17H2,1H3. The minimum atomic E-state index is 0.807. The van der Waals surface area contributed by atoms with Gasteiger partial charge in [0.25, 0.3) is 0 Å². The van der Waals surface area contributed by atoms with E-state index in [1.54, 1.807) is 0 Å². The van der Waals surface area contributed by atoms with Gasteiger partial charge in [-0.15, -0.1) is 0 Å². The molecular formula is C16H21N3. The number of pyridine rings is 1. The molecule has 1 aromatic heterocycles. The average Bonchev–Trinajstić information content (AvgIpc) is 2.46. The molecule has 100 valence electrons. The van der Waals surface area contributed by atoms with Crippen LogP contribution in [0.5, 0.6) is 0 Å². The molecule has 0 unspecified atom stereocenters. The number of anilines is 2. The van der Waals surface area contributed by atoms with Crippen LogP contribution in [0.4, 0.5) is 11.5 Å². The molecule has 1 aromatic carbocycles. The Morgan fingerprint density at radius 2 is 1.95 bits per heavy atom. The summed E-state index contributed by atoms with van der Waals surface area (Å²) >= 11 is 0. The molecule has 3 nitrogen and oxygen atoms in total. The summed E-state index contributed by atoms with van der Waals surface area (Å²) in [5.41, 5.74) is 9.05. The lowest BCUT2D eigenvalue weighted by Gasteiger charge is -2.29. The van der Waals surface area contributed by atoms with E-state index in [1.807, 2.05) is 18.2 Å². The Hall–Kier alpha value is -1.77. The van der Waals surface area contributed by atoms with Crippen LogP contribution < -0.4 is 10.6 Å². The van der Waals surface area contributed by atoms with Crippen LogP contribution in [0.3, 0.4) is 0 Å². The molecule has 1 fully saturated rings. The highest BCUT2D eigenvalue weighted by Gasteiger charge is 2.16. The second kappa shape index (κ2) is 5.08. The van der Waals surface area contributed by atoms with E-state index in [4.69, 9.17) is 10.7 Å². The van der Waals surface area contributed by atoms with Crippen molar-refractivity contribution < 1.29 is 0 Å². The summed E-state index contributed by atoms with van der Waals surface area (Å²) in [5, 5.41) is 1.15. The molecule has 19 heavy (non-hydrogen) atoms. The van der Waals surface area contributed by atoms with E-state index in [0.29, 0.717) is 0 Å². The molecule has 0 bridgehead atoms. The monoisotopic (exact) mass is 255 g/mol. The molecule has 2 aromatic rings. The predicted molar refractivity (Wildman–Crippen MR) is 81.6 cm³/mol. The van der Waals surface area contributed by atoms with Crippen LogP contribution in [0.25, 0.3) is 10.9 Å². The van der Waals surface area contributed by atoms with Crippen molar-refractivity contribution in [2.24, 2.45) is 0 Å². The third kappa shape index (κ3) is 2.37. The zero-order valence-corrected chi connectivity index (χ0v) is 11.5. The molecule has 0 saturated carbocycles. The Morgan fingerprint density at radius 1 is 1.16 bits per heavy atom. The summed E-state index contributed by atoms with van der Waals surface area (Å²) in [6.45, 7) is 4.48. The normalized spacial score (nSPS) is 15.9. The van der Waals surface area contributed by atoms with Gasteiger partial charge in [0.2, 0.25) is 0 Å². The lowest BCUT2D eigenvalue weighted by Crippen LogP contribution is -2.31.